The van der Waals surface area contributed by atoms with Gasteiger partial charge in [-0.05, 0) is 28.7 Å². The Balaban J connectivity index is 3.21. The molecule has 0 N–H and O–H groups in total. The minimum absolute atomic E-state index is 0.176. The molecule has 1 nitrogen and oxygen atoms in total. The van der Waals surface area contributed by atoms with Gasteiger partial charge in [0.25, 0.3) is 0 Å². The van der Waals surface area contributed by atoms with Crippen molar-refractivity contribution in [3.63, 3.8) is 0 Å². The summed E-state index contributed by atoms with van der Waals surface area (Å²) in [5.41, 5.74) is 0. The molecule has 0 atom stereocenters. The molecule has 1 rings (SSSR count). The molecule has 0 aliphatic carbocycles. The molecule has 0 saturated carbocycles. The van der Waals surface area contributed by atoms with E-state index in [-0.39, 0.29) is 11.6 Å². The smallest absolute Gasteiger partial charge is 0.166 e. The van der Waals surface area contributed by atoms with E-state index in [0.717, 1.165) is 0 Å². The number of rotatable bonds is 1. The van der Waals surface area contributed by atoms with E-state index in [4.69, 9.17) is 16.3 Å². The molecule has 1 aromatic rings. The predicted molar refractivity (Wildman–Crippen MR) is 50.7 cm³/mol. The summed E-state index contributed by atoms with van der Waals surface area (Å²) in [6, 6.07) is 2.79. The van der Waals surface area contributed by atoms with E-state index in [1.807, 2.05) is 22.6 Å². The van der Waals surface area contributed by atoms with Crippen molar-refractivity contribution in [2.24, 2.45) is 0 Å². The van der Waals surface area contributed by atoms with Gasteiger partial charge in [-0.2, -0.15) is 0 Å². The Morgan fingerprint density at radius 2 is 2.18 bits per heavy atom. The summed E-state index contributed by atoms with van der Waals surface area (Å²) in [6.07, 6.45) is 0. The zero-order valence-corrected chi connectivity index (χ0v) is 8.61. The van der Waals surface area contributed by atoms with Gasteiger partial charge in [0.2, 0.25) is 0 Å². The Hall–Kier alpha value is -0.0300. The van der Waals surface area contributed by atoms with Crippen LogP contribution in [0.1, 0.15) is 0 Å². The van der Waals surface area contributed by atoms with Crippen LogP contribution in [-0.4, -0.2) is 7.11 Å². The van der Waals surface area contributed by atoms with Crippen LogP contribution in [0.2, 0.25) is 5.02 Å². The number of methoxy groups -OCH3 is 1. The molecule has 11 heavy (non-hydrogen) atoms. The minimum Gasteiger partial charge on any atom is -0.494 e. The summed E-state index contributed by atoms with van der Waals surface area (Å²) in [5, 5.41) is 0.504. The number of halogens is 3. The first-order valence-electron chi connectivity index (χ1n) is 2.83. The summed E-state index contributed by atoms with van der Waals surface area (Å²) in [4.78, 5) is 0. The maximum Gasteiger partial charge on any atom is 0.166 e. The van der Waals surface area contributed by atoms with E-state index in [2.05, 4.69) is 0 Å². The third-order valence-corrected chi connectivity index (χ3v) is 2.72. The van der Waals surface area contributed by atoms with Crippen molar-refractivity contribution in [3.8, 4) is 5.75 Å². The Kier molecular flexibility index (Phi) is 2.95. The fraction of sp³-hybridized carbons (Fsp3) is 0.143. The molecule has 4 heteroatoms. The zero-order valence-electron chi connectivity index (χ0n) is 5.70. The van der Waals surface area contributed by atoms with Crippen LogP contribution in [0, 0.1) is 9.39 Å². The van der Waals surface area contributed by atoms with Gasteiger partial charge in [0.05, 0.1) is 12.1 Å². The van der Waals surface area contributed by atoms with Gasteiger partial charge in [-0.15, -0.1) is 0 Å². The van der Waals surface area contributed by atoms with Crippen molar-refractivity contribution < 1.29 is 9.13 Å². The Bertz CT molecular complexity index is 277. The Morgan fingerprint density at radius 3 is 2.73 bits per heavy atom. The topological polar surface area (TPSA) is 9.23 Å². The second-order valence-electron chi connectivity index (χ2n) is 1.90. The maximum atomic E-state index is 12.8. The molecule has 0 aliphatic heterocycles. The summed E-state index contributed by atoms with van der Waals surface area (Å²) < 4.78 is 18.2. The highest BCUT2D eigenvalue weighted by molar-refractivity contribution is 14.1. The molecule has 0 unspecified atom stereocenters. The normalized spacial score (nSPS) is 9.82. The van der Waals surface area contributed by atoms with Gasteiger partial charge in [-0.3, -0.25) is 0 Å². The third kappa shape index (κ3) is 1.96. The summed E-state index contributed by atoms with van der Waals surface area (Å²) in [7, 11) is 1.40. The lowest BCUT2D eigenvalue weighted by Gasteiger charge is -2.02. The zero-order chi connectivity index (χ0) is 8.43. The van der Waals surface area contributed by atoms with E-state index in [9.17, 15) is 4.39 Å². The summed E-state index contributed by atoms with van der Waals surface area (Å²) in [5.74, 6) is -0.211. The van der Waals surface area contributed by atoms with Gasteiger partial charge in [0.1, 0.15) is 0 Å². The third-order valence-electron chi connectivity index (χ3n) is 1.19. The highest BCUT2D eigenvalue weighted by Crippen LogP contribution is 2.26. The lowest BCUT2D eigenvalue weighted by Crippen LogP contribution is -1.88. The van der Waals surface area contributed by atoms with Gasteiger partial charge in [0.15, 0.2) is 11.6 Å². The van der Waals surface area contributed by atoms with E-state index >= 15 is 0 Å². The average molecular weight is 286 g/mol. The van der Waals surface area contributed by atoms with E-state index < -0.39 is 0 Å². The summed E-state index contributed by atoms with van der Waals surface area (Å²) >= 11 is 7.67. The molecule has 1 aromatic carbocycles. The highest BCUT2D eigenvalue weighted by Gasteiger charge is 2.05. The van der Waals surface area contributed by atoms with Crippen LogP contribution in [0.3, 0.4) is 0 Å². The van der Waals surface area contributed by atoms with E-state index in [1.54, 1.807) is 0 Å². The van der Waals surface area contributed by atoms with Gasteiger partial charge < -0.3 is 4.74 Å². The van der Waals surface area contributed by atoms with Crippen molar-refractivity contribution in [3.05, 3.63) is 26.5 Å². The van der Waals surface area contributed by atoms with E-state index in [1.165, 1.54) is 19.2 Å². The fourth-order valence-corrected chi connectivity index (χ4v) is 1.24. The van der Waals surface area contributed by atoms with Gasteiger partial charge in [-0.1, -0.05) is 11.6 Å². The molecule has 0 fully saturated rings. The minimum atomic E-state index is -0.388. The SMILES string of the molecule is COc1cc(Cl)c(I)cc1F. The van der Waals surface area contributed by atoms with Crippen molar-refractivity contribution in [1.29, 1.82) is 0 Å². The standard InChI is InChI=1S/C7H5ClFIO/c1-11-7-2-4(8)6(10)3-5(7)9/h2-3H,1H3. The number of hydrogen-bond donors (Lipinski definition) is 0. The Labute approximate surface area is 82.6 Å². The monoisotopic (exact) mass is 286 g/mol. The largest absolute Gasteiger partial charge is 0.494 e. The second-order valence-corrected chi connectivity index (χ2v) is 3.47. The molecule has 0 amide bonds. The number of benzene rings is 1. The quantitative estimate of drug-likeness (QED) is 0.569. The molecule has 0 aliphatic rings. The van der Waals surface area contributed by atoms with Crippen LogP contribution >= 0.6 is 34.2 Å². The van der Waals surface area contributed by atoms with Crippen LogP contribution in [0.5, 0.6) is 5.75 Å². The highest BCUT2D eigenvalue weighted by atomic mass is 127. The van der Waals surface area contributed by atoms with E-state index in [0.29, 0.717) is 8.59 Å². The van der Waals surface area contributed by atoms with Crippen LogP contribution in [0.25, 0.3) is 0 Å². The van der Waals surface area contributed by atoms with Gasteiger partial charge in [0, 0.05) is 9.64 Å². The number of ether oxygens (including phenoxy) is 1. The van der Waals surface area contributed by atoms with Gasteiger partial charge in [-0.25, -0.2) is 4.39 Å². The molecule has 0 radical (unpaired) electrons. The maximum absolute atomic E-state index is 12.8. The fourth-order valence-electron chi connectivity index (χ4n) is 0.661. The van der Waals surface area contributed by atoms with Crippen molar-refractivity contribution in [2.75, 3.05) is 7.11 Å². The van der Waals surface area contributed by atoms with Crippen LogP contribution < -0.4 is 4.74 Å². The van der Waals surface area contributed by atoms with Crippen LogP contribution in [-0.2, 0) is 0 Å². The molecule has 60 valence electrons. The molecular weight excluding hydrogens is 281 g/mol. The van der Waals surface area contributed by atoms with Crippen LogP contribution in [0.4, 0.5) is 4.39 Å². The van der Waals surface area contributed by atoms with Crippen molar-refractivity contribution in [1.82, 2.24) is 0 Å². The average Bonchev–Trinajstić information content (AvgIpc) is 1.97. The molecule has 0 aromatic heterocycles. The summed E-state index contributed by atoms with van der Waals surface area (Å²) in [6.45, 7) is 0. The first kappa shape index (κ1) is 9.06. The molecule has 0 saturated heterocycles. The second kappa shape index (κ2) is 3.58. The first-order chi connectivity index (χ1) is 5.15. The molecular formula is C7H5ClFIO. The molecule has 0 bridgehead atoms. The number of hydrogen-bond acceptors (Lipinski definition) is 1. The van der Waals surface area contributed by atoms with Gasteiger partial charge >= 0.3 is 0 Å². The van der Waals surface area contributed by atoms with Crippen molar-refractivity contribution in [2.45, 2.75) is 0 Å². The predicted octanol–water partition coefficient (Wildman–Crippen LogP) is 3.09. The lowest BCUT2D eigenvalue weighted by atomic mass is 10.3. The molecule has 0 heterocycles. The molecule has 0 spiro atoms. The first-order valence-corrected chi connectivity index (χ1v) is 4.29. The lowest BCUT2D eigenvalue weighted by molar-refractivity contribution is 0.386. The van der Waals surface area contributed by atoms with Crippen LogP contribution in [0.15, 0.2) is 12.1 Å². The van der Waals surface area contributed by atoms with Crippen molar-refractivity contribution >= 4 is 34.2 Å². The Morgan fingerprint density at radius 1 is 1.55 bits per heavy atom.